The maximum atomic E-state index is 12.4. The van der Waals surface area contributed by atoms with E-state index in [-0.39, 0.29) is 24.2 Å². The molecule has 1 unspecified atom stereocenters. The van der Waals surface area contributed by atoms with Crippen molar-refractivity contribution in [2.75, 3.05) is 20.2 Å². The molecule has 0 aliphatic carbocycles. The first-order valence-electron chi connectivity index (χ1n) is 9.29. The Morgan fingerprint density at radius 2 is 1.96 bits per heavy atom. The first-order valence-corrected chi connectivity index (χ1v) is 9.29. The Labute approximate surface area is 160 Å². The fourth-order valence-corrected chi connectivity index (χ4v) is 3.43. The van der Waals surface area contributed by atoms with Gasteiger partial charge in [0, 0.05) is 26.1 Å². The van der Waals surface area contributed by atoms with Crippen molar-refractivity contribution in [1.29, 1.82) is 0 Å². The SMILES string of the molecule is COc1cccc(CCNC(=O)C2CC(=O)N(Cc3cccc(C)c3)C2)c1. The second-order valence-corrected chi connectivity index (χ2v) is 7.06. The molecule has 1 aliphatic heterocycles. The average molecular weight is 366 g/mol. The molecular formula is C22H26N2O3. The Balaban J connectivity index is 1.48. The lowest BCUT2D eigenvalue weighted by atomic mass is 10.1. The van der Waals surface area contributed by atoms with Gasteiger partial charge >= 0.3 is 0 Å². The third kappa shape index (κ3) is 5.09. The molecule has 2 aromatic rings. The summed E-state index contributed by atoms with van der Waals surface area (Å²) >= 11 is 0. The molecule has 1 N–H and O–H groups in total. The smallest absolute Gasteiger partial charge is 0.225 e. The van der Waals surface area contributed by atoms with E-state index < -0.39 is 0 Å². The molecule has 0 saturated carbocycles. The van der Waals surface area contributed by atoms with E-state index in [4.69, 9.17) is 4.74 Å². The van der Waals surface area contributed by atoms with Crippen LogP contribution in [-0.4, -0.2) is 36.9 Å². The summed E-state index contributed by atoms with van der Waals surface area (Å²) in [6.45, 7) is 3.63. The molecule has 5 nitrogen and oxygen atoms in total. The number of hydrogen-bond donors (Lipinski definition) is 1. The van der Waals surface area contributed by atoms with E-state index in [9.17, 15) is 9.59 Å². The Morgan fingerprint density at radius 1 is 1.19 bits per heavy atom. The average Bonchev–Trinajstić information content (AvgIpc) is 3.02. The highest BCUT2D eigenvalue weighted by Crippen LogP contribution is 2.21. The molecule has 1 aliphatic rings. The molecule has 0 radical (unpaired) electrons. The van der Waals surface area contributed by atoms with Gasteiger partial charge in [-0.15, -0.1) is 0 Å². The molecule has 3 rings (SSSR count). The zero-order valence-electron chi connectivity index (χ0n) is 15.9. The molecule has 1 heterocycles. The van der Waals surface area contributed by atoms with Gasteiger partial charge < -0.3 is 15.0 Å². The first kappa shape index (κ1) is 19.0. The number of methoxy groups -OCH3 is 1. The summed E-state index contributed by atoms with van der Waals surface area (Å²) in [4.78, 5) is 26.5. The number of nitrogens with zero attached hydrogens (tertiary/aromatic N) is 1. The Morgan fingerprint density at radius 3 is 2.74 bits per heavy atom. The topological polar surface area (TPSA) is 58.6 Å². The minimum Gasteiger partial charge on any atom is -0.497 e. The van der Waals surface area contributed by atoms with Crippen molar-refractivity contribution in [3.05, 3.63) is 65.2 Å². The molecular weight excluding hydrogens is 340 g/mol. The molecule has 1 saturated heterocycles. The lowest BCUT2D eigenvalue weighted by Crippen LogP contribution is -2.34. The number of rotatable bonds is 7. The number of amides is 2. The van der Waals surface area contributed by atoms with E-state index in [1.54, 1.807) is 12.0 Å². The number of likely N-dealkylation sites (tertiary alicyclic amines) is 1. The predicted molar refractivity (Wildman–Crippen MR) is 104 cm³/mol. The monoisotopic (exact) mass is 366 g/mol. The molecule has 142 valence electrons. The van der Waals surface area contributed by atoms with Gasteiger partial charge in [0.25, 0.3) is 0 Å². The molecule has 0 bridgehead atoms. The fraction of sp³-hybridized carbons (Fsp3) is 0.364. The highest BCUT2D eigenvalue weighted by molar-refractivity contribution is 5.89. The Kier molecular flexibility index (Phi) is 6.12. The van der Waals surface area contributed by atoms with Crippen LogP contribution in [0.2, 0.25) is 0 Å². The fourth-order valence-electron chi connectivity index (χ4n) is 3.43. The van der Waals surface area contributed by atoms with E-state index >= 15 is 0 Å². The van der Waals surface area contributed by atoms with E-state index in [1.807, 2.05) is 49.4 Å². The van der Waals surface area contributed by atoms with E-state index in [0.717, 1.165) is 23.3 Å². The van der Waals surface area contributed by atoms with Gasteiger partial charge in [-0.1, -0.05) is 42.0 Å². The minimum absolute atomic E-state index is 0.0435. The van der Waals surface area contributed by atoms with Crippen molar-refractivity contribution in [3.8, 4) is 5.75 Å². The van der Waals surface area contributed by atoms with Gasteiger partial charge in [0.2, 0.25) is 11.8 Å². The molecule has 1 atom stereocenters. The van der Waals surface area contributed by atoms with Gasteiger partial charge in [-0.05, 0) is 36.6 Å². The van der Waals surface area contributed by atoms with Gasteiger partial charge in [-0.25, -0.2) is 0 Å². The number of carbonyl (C=O) groups excluding carboxylic acids is 2. The van der Waals surface area contributed by atoms with Crippen molar-refractivity contribution in [2.24, 2.45) is 5.92 Å². The van der Waals surface area contributed by atoms with Crippen LogP contribution >= 0.6 is 0 Å². The number of ether oxygens (including phenoxy) is 1. The quantitative estimate of drug-likeness (QED) is 0.820. The molecule has 5 heteroatoms. The van der Waals surface area contributed by atoms with Crippen LogP contribution in [-0.2, 0) is 22.6 Å². The van der Waals surface area contributed by atoms with E-state index in [2.05, 4.69) is 11.4 Å². The third-order valence-electron chi connectivity index (χ3n) is 4.89. The van der Waals surface area contributed by atoms with Crippen molar-refractivity contribution < 1.29 is 14.3 Å². The van der Waals surface area contributed by atoms with Gasteiger partial charge in [0.05, 0.1) is 13.0 Å². The number of nitrogens with one attached hydrogen (secondary N) is 1. The van der Waals surface area contributed by atoms with Crippen molar-refractivity contribution >= 4 is 11.8 Å². The van der Waals surface area contributed by atoms with Gasteiger partial charge in [-0.3, -0.25) is 9.59 Å². The normalized spacial score (nSPS) is 16.4. The number of hydrogen-bond acceptors (Lipinski definition) is 3. The standard InChI is InChI=1S/C22H26N2O3/c1-16-5-3-7-18(11-16)14-24-15-19(13-21(24)25)22(26)23-10-9-17-6-4-8-20(12-17)27-2/h3-8,11-12,19H,9-10,13-15H2,1-2H3,(H,23,26). The molecule has 1 fully saturated rings. The highest BCUT2D eigenvalue weighted by Gasteiger charge is 2.33. The summed E-state index contributed by atoms with van der Waals surface area (Å²) in [6, 6.07) is 15.9. The van der Waals surface area contributed by atoms with Crippen LogP contribution in [0.5, 0.6) is 5.75 Å². The molecule has 2 amide bonds. The molecule has 2 aromatic carbocycles. The lowest BCUT2D eigenvalue weighted by molar-refractivity contribution is -0.129. The number of benzene rings is 2. The summed E-state index contributed by atoms with van der Waals surface area (Å²) < 4.78 is 5.21. The summed E-state index contributed by atoms with van der Waals surface area (Å²) in [6.07, 6.45) is 1.02. The number of carbonyl (C=O) groups is 2. The Bertz CT molecular complexity index is 819. The number of aryl methyl sites for hydroxylation is 1. The maximum absolute atomic E-state index is 12.4. The second-order valence-electron chi connectivity index (χ2n) is 7.06. The molecule has 0 aromatic heterocycles. The van der Waals surface area contributed by atoms with E-state index in [1.165, 1.54) is 5.56 Å². The van der Waals surface area contributed by atoms with Crippen molar-refractivity contribution in [1.82, 2.24) is 10.2 Å². The third-order valence-corrected chi connectivity index (χ3v) is 4.89. The lowest BCUT2D eigenvalue weighted by Gasteiger charge is -2.17. The summed E-state index contributed by atoms with van der Waals surface area (Å²) in [7, 11) is 1.64. The zero-order chi connectivity index (χ0) is 19.2. The maximum Gasteiger partial charge on any atom is 0.225 e. The minimum atomic E-state index is -0.271. The first-order chi connectivity index (χ1) is 13.0. The van der Waals surface area contributed by atoms with E-state index in [0.29, 0.717) is 19.6 Å². The predicted octanol–water partition coefficient (Wildman–Crippen LogP) is 2.71. The van der Waals surface area contributed by atoms with Crippen LogP contribution in [0.15, 0.2) is 48.5 Å². The summed E-state index contributed by atoms with van der Waals surface area (Å²) in [5.41, 5.74) is 3.38. The van der Waals surface area contributed by atoms with Gasteiger partial charge in [-0.2, -0.15) is 0 Å². The zero-order valence-corrected chi connectivity index (χ0v) is 15.9. The van der Waals surface area contributed by atoms with Crippen LogP contribution in [0.4, 0.5) is 0 Å². The summed E-state index contributed by atoms with van der Waals surface area (Å²) in [5, 5.41) is 2.97. The van der Waals surface area contributed by atoms with Gasteiger partial charge in [0.1, 0.15) is 5.75 Å². The highest BCUT2D eigenvalue weighted by atomic mass is 16.5. The van der Waals surface area contributed by atoms with Crippen LogP contribution in [0, 0.1) is 12.8 Å². The van der Waals surface area contributed by atoms with Crippen LogP contribution in [0.1, 0.15) is 23.1 Å². The van der Waals surface area contributed by atoms with Crippen LogP contribution in [0.3, 0.4) is 0 Å². The van der Waals surface area contributed by atoms with Crippen LogP contribution < -0.4 is 10.1 Å². The van der Waals surface area contributed by atoms with Crippen LogP contribution in [0.25, 0.3) is 0 Å². The van der Waals surface area contributed by atoms with Crippen molar-refractivity contribution in [2.45, 2.75) is 26.3 Å². The summed E-state index contributed by atoms with van der Waals surface area (Å²) in [5.74, 6) is 0.544. The largest absolute Gasteiger partial charge is 0.497 e. The van der Waals surface area contributed by atoms with Gasteiger partial charge in [0.15, 0.2) is 0 Å². The van der Waals surface area contributed by atoms with Crippen molar-refractivity contribution in [3.63, 3.8) is 0 Å². The molecule has 0 spiro atoms. The molecule has 27 heavy (non-hydrogen) atoms. The second kappa shape index (κ2) is 8.71. The Hall–Kier alpha value is -2.82.